The van der Waals surface area contributed by atoms with Crippen molar-refractivity contribution < 1.29 is 5.11 Å². The normalized spacial score (nSPS) is 13.9. The van der Waals surface area contributed by atoms with Crippen molar-refractivity contribution in [2.45, 2.75) is 60.1 Å². The zero-order chi connectivity index (χ0) is 12.7. The molecule has 0 aromatic heterocycles. The molecule has 0 saturated heterocycles. The molecule has 0 aromatic carbocycles. The van der Waals surface area contributed by atoms with Gasteiger partial charge in [-0.1, -0.05) is 60.1 Å². The lowest BCUT2D eigenvalue weighted by Gasteiger charge is -2.35. The Labute approximate surface area is 98.7 Å². The van der Waals surface area contributed by atoms with Gasteiger partial charge in [-0.15, -0.1) is 0 Å². The van der Waals surface area contributed by atoms with Crippen LogP contribution in [0.1, 0.15) is 20.8 Å². The summed E-state index contributed by atoms with van der Waals surface area (Å²) in [5, 5.41) is 11.4. The lowest BCUT2D eigenvalue weighted by Crippen LogP contribution is -2.58. The van der Waals surface area contributed by atoms with Gasteiger partial charge in [-0.2, -0.15) is 0 Å². The molecular weight excluding hydrogens is 232 g/mol. The maximum Gasteiger partial charge on any atom is 0.0630 e. The molecule has 0 aliphatic heterocycles. The molecule has 4 heteroatoms. The number of hydrogen-bond acceptors (Lipinski definition) is 1. The SMILES string of the molecule is CC(C)(C)C(O)=[Si]([Si](C)(C)C)[Si](C)(C)C. The van der Waals surface area contributed by atoms with E-state index in [1.165, 1.54) is 0 Å². The van der Waals surface area contributed by atoms with Crippen molar-refractivity contribution >= 4 is 28.0 Å². The summed E-state index contributed by atoms with van der Waals surface area (Å²) in [4.78, 5) is 0. The van der Waals surface area contributed by atoms with Gasteiger partial charge in [0.05, 0.1) is 20.5 Å². The minimum Gasteiger partial charge on any atom is -0.518 e. The van der Waals surface area contributed by atoms with Crippen LogP contribution in [-0.4, -0.2) is 33.1 Å². The van der Waals surface area contributed by atoms with Gasteiger partial charge in [0.2, 0.25) is 0 Å². The lowest BCUT2D eigenvalue weighted by molar-refractivity contribution is 0.441. The summed E-state index contributed by atoms with van der Waals surface area (Å²) >= 11 is 0. The van der Waals surface area contributed by atoms with Gasteiger partial charge >= 0.3 is 0 Å². The van der Waals surface area contributed by atoms with Gasteiger partial charge in [0, 0.05) is 12.9 Å². The van der Waals surface area contributed by atoms with E-state index in [9.17, 15) is 5.11 Å². The first kappa shape index (κ1) is 15.3. The molecule has 0 saturated carbocycles. The third-order valence-corrected chi connectivity index (χ3v) is 30.6. The van der Waals surface area contributed by atoms with Crippen LogP contribution >= 0.6 is 0 Å². The number of rotatable bonds is 2. The van der Waals surface area contributed by atoms with E-state index in [-0.39, 0.29) is 5.41 Å². The number of aliphatic hydroxyl groups is 1. The Morgan fingerprint density at radius 1 is 0.867 bits per heavy atom. The molecule has 0 aliphatic carbocycles. The molecule has 0 rings (SSSR count). The molecule has 0 heterocycles. The van der Waals surface area contributed by atoms with Crippen molar-refractivity contribution in [1.82, 2.24) is 0 Å². The van der Waals surface area contributed by atoms with Crippen LogP contribution in [0.3, 0.4) is 0 Å². The number of aliphatic hydroxyl groups excluding tert-OH is 1. The van der Waals surface area contributed by atoms with Crippen LogP contribution in [0.5, 0.6) is 0 Å². The van der Waals surface area contributed by atoms with E-state index in [1.807, 2.05) is 0 Å². The van der Waals surface area contributed by atoms with E-state index in [2.05, 4.69) is 60.1 Å². The molecule has 0 bridgehead atoms. The minimum atomic E-state index is -1.22. The third-order valence-electron chi connectivity index (χ3n) is 2.45. The Morgan fingerprint density at radius 3 is 1.20 bits per heavy atom. The highest BCUT2D eigenvalue weighted by molar-refractivity contribution is 7.60. The monoisotopic (exact) mass is 260 g/mol. The molecule has 0 spiro atoms. The van der Waals surface area contributed by atoms with E-state index in [0.717, 1.165) is 5.35 Å². The van der Waals surface area contributed by atoms with E-state index < -0.39 is 22.6 Å². The Kier molecular flexibility index (Phi) is 4.39. The predicted octanol–water partition coefficient (Wildman–Crippen LogP) is 3.44. The maximum absolute atomic E-state index is 10.5. The molecule has 0 fully saturated rings. The zero-order valence-corrected chi connectivity index (χ0v) is 14.9. The molecular formula is C11H28OSi3. The van der Waals surface area contributed by atoms with Crippen molar-refractivity contribution in [1.29, 1.82) is 0 Å². The molecule has 0 amide bonds. The van der Waals surface area contributed by atoms with Gasteiger partial charge < -0.3 is 5.11 Å². The first-order chi connectivity index (χ1) is 6.28. The molecule has 0 unspecified atom stereocenters. The van der Waals surface area contributed by atoms with Gasteiger partial charge in [0.1, 0.15) is 0 Å². The summed E-state index contributed by atoms with van der Waals surface area (Å²) < 4.78 is 0. The largest absolute Gasteiger partial charge is 0.518 e. The Morgan fingerprint density at radius 2 is 1.13 bits per heavy atom. The van der Waals surface area contributed by atoms with Crippen LogP contribution in [0.15, 0.2) is 0 Å². The molecule has 15 heavy (non-hydrogen) atoms. The highest BCUT2D eigenvalue weighted by Gasteiger charge is 2.37. The third kappa shape index (κ3) is 4.36. The average molecular weight is 261 g/mol. The standard InChI is InChI=1S/C11H28OSi3/c1-11(2,3)10(12)13(14(4,5)6)15(7,8)9/h12H,1-9H3. The van der Waals surface area contributed by atoms with Gasteiger partial charge in [-0.05, 0) is 0 Å². The Hall–Kier alpha value is 0.321. The average Bonchev–Trinajstić information content (AvgIpc) is 1.76. The summed E-state index contributed by atoms with van der Waals surface area (Å²) in [5.41, 5.74) is -0.0190. The van der Waals surface area contributed by atoms with Gasteiger partial charge in [-0.25, -0.2) is 0 Å². The van der Waals surface area contributed by atoms with Gasteiger partial charge in [0.25, 0.3) is 0 Å². The molecule has 0 aliphatic rings. The van der Waals surface area contributed by atoms with Crippen molar-refractivity contribution in [3.63, 3.8) is 0 Å². The number of hydrogen-bond donors (Lipinski definition) is 1. The second-order valence-corrected chi connectivity index (χ2v) is 31.2. The molecule has 0 aromatic rings. The zero-order valence-electron chi connectivity index (χ0n) is 11.9. The van der Waals surface area contributed by atoms with E-state index >= 15 is 0 Å². The first-order valence-corrected chi connectivity index (χ1v) is 16.2. The molecule has 1 N–H and O–H groups in total. The molecule has 0 radical (unpaired) electrons. The second kappa shape index (κ2) is 4.30. The van der Waals surface area contributed by atoms with Crippen molar-refractivity contribution in [2.24, 2.45) is 5.41 Å². The molecule has 0 atom stereocenters. The van der Waals surface area contributed by atoms with Crippen LogP contribution in [0, 0.1) is 5.41 Å². The summed E-state index contributed by atoms with van der Waals surface area (Å²) in [7, 11) is -3.10. The van der Waals surface area contributed by atoms with E-state index in [1.54, 1.807) is 0 Å². The summed E-state index contributed by atoms with van der Waals surface area (Å²) in [6, 6.07) is 0. The van der Waals surface area contributed by atoms with E-state index in [0.29, 0.717) is 0 Å². The minimum absolute atomic E-state index is 0.0190. The van der Waals surface area contributed by atoms with Crippen molar-refractivity contribution in [3.8, 4) is 0 Å². The van der Waals surface area contributed by atoms with Crippen LogP contribution in [0.4, 0.5) is 0 Å². The topological polar surface area (TPSA) is 20.2 Å². The molecule has 90 valence electrons. The highest BCUT2D eigenvalue weighted by atomic mass is 29.6. The van der Waals surface area contributed by atoms with E-state index in [4.69, 9.17) is 0 Å². The van der Waals surface area contributed by atoms with Crippen LogP contribution < -0.4 is 0 Å². The summed E-state index contributed by atoms with van der Waals surface area (Å²) in [6.45, 7) is 20.9. The van der Waals surface area contributed by atoms with Crippen LogP contribution in [0.25, 0.3) is 0 Å². The first-order valence-electron chi connectivity index (χ1n) is 5.72. The molecule has 1 nitrogen and oxygen atoms in total. The highest BCUT2D eigenvalue weighted by Crippen LogP contribution is 2.21. The summed E-state index contributed by atoms with van der Waals surface area (Å²) in [6.07, 6.45) is 0. The van der Waals surface area contributed by atoms with Crippen molar-refractivity contribution in [2.75, 3.05) is 0 Å². The van der Waals surface area contributed by atoms with Gasteiger partial charge in [-0.3, -0.25) is 0 Å². The van der Waals surface area contributed by atoms with Gasteiger partial charge in [0.15, 0.2) is 0 Å². The fourth-order valence-electron chi connectivity index (χ4n) is 2.21. The quantitative estimate of drug-likeness (QED) is 0.754. The maximum atomic E-state index is 10.5. The van der Waals surface area contributed by atoms with Crippen LogP contribution in [-0.2, 0) is 0 Å². The second-order valence-electron chi connectivity index (χ2n) is 7.47. The summed E-state index contributed by atoms with van der Waals surface area (Å²) in [5.74, 6) is 0. The lowest BCUT2D eigenvalue weighted by atomic mass is 9.99. The smallest absolute Gasteiger partial charge is 0.0630 e. The van der Waals surface area contributed by atoms with Crippen LogP contribution in [0.2, 0.25) is 39.3 Å². The fourth-order valence-corrected chi connectivity index (χ4v) is 40.1. The van der Waals surface area contributed by atoms with Crippen molar-refractivity contribution in [3.05, 3.63) is 0 Å². The predicted molar refractivity (Wildman–Crippen MR) is 78.8 cm³/mol. The fraction of sp³-hybridized carbons (Fsp3) is 0.909. The Balaban J connectivity index is 5.71. The Bertz CT molecular complexity index is 245.